The third-order valence-electron chi connectivity index (χ3n) is 2.79. The Bertz CT molecular complexity index is 777. The van der Waals surface area contributed by atoms with Gasteiger partial charge in [0.1, 0.15) is 5.52 Å². The Morgan fingerprint density at radius 2 is 2.26 bits per heavy atom. The normalized spacial score (nSPS) is 11.0. The molecule has 0 aliphatic rings. The minimum absolute atomic E-state index is 0.0621. The van der Waals surface area contributed by atoms with Gasteiger partial charge in [0.25, 0.3) is 5.56 Å². The molecule has 0 saturated heterocycles. The predicted molar refractivity (Wildman–Crippen MR) is 68.1 cm³/mol. The first-order chi connectivity index (χ1) is 9.29. The first-order valence-corrected chi connectivity index (χ1v) is 5.77. The van der Waals surface area contributed by atoms with E-state index in [1.165, 1.54) is 6.33 Å². The largest absolute Gasteiger partial charge is 0.396 e. The maximum atomic E-state index is 11.7. The Morgan fingerprint density at radius 3 is 3.11 bits per heavy atom. The van der Waals surface area contributed by atoms with Gasteiger partial charge in [-0.2, -0.15) is 5.10 Å². The third-order valence-corrected chi connectivity index (χ3v) is 2.79. The Hall–Kier alpha value is -2.54. The second kappa shape index (κ2) is 4.62. The SMILES string of the molecule is O=c1[nH]cnc2c(-n3cc(CCO)cn3)nccc12. The van der Waals surface area contributed by atoms with Crippen molar-refractivity contribution in [2.75, 3.05) is 6.61 Å². The van der Waals surface area contributed by atoms with E-state index in [2.05, 4.69) is 20.1 Å². The fraction of sp³-hybridized carbons (Fsp3) is 0.167. The minimum atomic E-state index is -0.212. The first-order valence-electron chi connectivity index (χ1n) is 5.77. The molecule has 7 nitrogen and oxygen atoms in total. The number of fused-ring (bicyclic) bond motifs is 1. The number of aliphatic hydroxyl groups is 1. The van der Waals surface area contributed by atoms with E-state index in [0.717, 1.165) is 5.56 Å². The Balaban J connectivity index is 2.19. The molecule has 0 aliphatic carbocycles. The molecule has 0 spiro atoms. The maximum absolute atomic E-state index is 11.7. The Labute approximate surface area is 107 Å². The Kier molecular flexibility index (Phi) is 2.81. The monoisotopic (exact) mass is 257 g/mol. The van der Waals surface area contributed by atoms with Crippen LogP contribution in [0.1, 0.15) is 5.56 Å². The number of rotatable bonds is 3. The van der Waals surface area contributed by atoms with Crippen molar-refractivity contribution < 1.29 is 5.11 Å². The maximum Gasteiger partial charge on any atom is 0.258 e. The average Bonchev–Trinajstić information content (AvgIpc) is 2.88. The van der Waals surface area contributed by atoms with Crippen molar-refractivity contribution in [1.29, 1.82) is 0 Å². The molecule has 0 bridgehead atoms. The van der Waals surface area contributed by atoms with E-state index < -0.39 is 0 Å². The number of aromatic nitrogens is 5. The van der Waals surface area contributed by atoms with E-state index in [9.17, 15) is 4.79 Å². The van der Waals surface area contributed by atoms with Crippen molar-refractivity contribution in [1.82, 2.24) is 24.7 Å². The molecule has 2 N–H and O–H groups in total. The van der Waals surface area contributed by atoms with Gasteiger partial charge in [0.15, 0.2) is 5.82 Å². The molecule has 0 fully saturated rings. The van der Waals surface area contributed by atoms with E-state index >= 15 is 0 Å². The second-order valence-electron chi connectivity index (χ2n) is 4.03. The summed E-state index contributed by atoms with van der Waals surface area (Å²) in [5.41, 5.74) is 1.17. The summed E-state index contributed by atoms with van der Waals surface area (Å²) in [4.78, 5) is 22.6. The van der Waals surface area contributed by atoms with Gasteiger partial charge >= 0.3 is 0 Å². The molecule has 0 radical (unpaired) electrons. The summed E-state index contributed by atoms with van der Waals surface area (Å²) >= 11 is 0. The molecule has 0 amide bonds. The van der Waals surface area contributed by atoms with Gasteiger partial charge in [-0.3, -0.25) is 4.79 Å². The van der Waals surface area contributed by atoms with Crippen LogP contribution in [-0.4, -0.2) is 36.4 Å². The lowest BCUT2D eigenvalue weighted by molar-refractivity contribution is 0.299. The second-order valence-corrected chi connectivity index (χ2v) is 4.03. The Morgan fingerprint density at radius 1 is 1.37 bits per heavy atom. The minimum Gasteiger partial charge on any atom is -0.396 e. The van der Waals surface area contributed by atoms with Crippen molar-refractivity contribution in [3.8, 4) is 5.82 Å². The molecule has 3 rings (SSSR count). The number of aromatic amines is 1. The zero-order valence-electron chi connectivity index (χ0n) is 9.95. The molecule has 3 heterocycles. The summed E-state index contributed by atoms with van der Waals surface area (Å²) < 4.78 is 1.56. The fourth-order valence-corrected chi connectivity index (χ4v) is 1.89. The molecule has 0 saturated carbocycles. The van der Waals surface area contributed by atoms with E-state index in [0.29, 0.717) is 23.1 Å². The molecule has 3 aromatic heterocycles. The van der Waals surface area contributed by atoms with Crippen LogP contribution in [0, 0.1) is 0 Å². The van der Waals surface area contributed by atoms with Crippen molar-refractivity contribution in [3.05, 3.63) is 46.9 Å². The van der Waals surface area contributed by atoms with Gasteiger partial charge in [-0.1, -0.05) is 0 Å². The van der Waals surface area contributed by atoms with E-state index in [-0.39, 0.29) is 12.2 Å². The quantitative estimate of drug-likeness (QED) is 0.690. The van der Waals surface area contributed by atoms with Crippen LogP contribution in [0.2, 0.25) is 0 Å². The lowest BCUT2D eigenvalue weighted by Crippen LogP contribution is -2.09. The zero-order chi connectivity index (χ0) is 13.2. The zero-order valence-corrected chi connectivity index (χ0v) is 9.95. The van der Waals surface area contributed by atoms with Gasteiger partial charge < -0.3 is 10.1 Å². The van der Waals surface area contributed by atoms with Crippen LogP contribution in [0.4, 0.5) is 0 Å². The van der Waals surface area contributed by atoms with Crippen LogP contribution in [0.5, 0.6) is 0 Å². The predicted octanol–water partition coefficient (Wildman–Crippen LogP) is 0.0386. The summed E-state index contributed by atoms with van der Waals surface area (Å²) in [6, 6.07) is 1.61. The molecule has 96 valence electrons. The molecular weight excluding hydrogens is 246 g/mol. The van der Waals surface area contributed by atoms with Gasteiger partial charge in [-0.25, -0.2) is 14.6 Å². The lowest BCUT2D eigenvalue weighted by Gasteiger charge is -2.03. The highest BCUT2D eigenvalue weighted by Crippen LogP contribution is 2.14. The number of hydrogen-bond acceptors (Lipinski definition) is 5. The highest BCUT2D eigenvalue weighted by Gasteiger charge is 2.09. The van der Waals surface area contributed by atoms with Gasteiger partial charge in [0.2, 0.25) is 0 Å². The van der Waals surface area contributed by atoms with Gasteiger partial charge in [0.05, 0.1) is 17.9 Å². The molecule has 0 unspecified atom stereocenters. The molecule has 0 aliphatic heterocycles. The highest BCUT2D eigenvalue weighted by atomic mass is 16.3. The van der Waals surface area contributed by atoms with Gasteiger partial charge in [0, 0.05) is 19.0 Å². The van der Waals surface area contributed by atoms with E-state index in [1.54, 1.807) is 29.3 Å². The molecule has 0 aromatic carbocycles. The highest BCUT2D eigenvalue weighted by molar-refractivity contribution is 5.83. The number of hydrogen-bond donors (Lipinski definition) is 2. The third kappa shape index (κ3) is 2.00. The van der Waals surface area contributed by atoms with Crippen molar-refractivity contribution >= 4 is 10.9 Å². The van der Waals surface area contributed by atoms with Crippen LogP contribution in [0.25, 0.3) is 16.7 Å². The van der Waals surface area contributed by atoms with Crippen LogP contribution in [0.3, 0.4) is 0 Å². The van der Waals surface area contributed by atoms with Crippen LogP contribution in [-0.2, 0) is 6.42 Å². The topological polar surface area (TPSA) is 96.7 Å². The van der Waals surface area contributed by atoms with Crippen molar-refractivity contribution in [2.24, 2.45) is 0 Å². The van der Waals surface area contributed by atoms with Crippen LogP contribution < -0.4 is 5.56 Å². The molecule has 3 aromatic rings. The summed E-state index contributed by atoms with van der Waals surface area (Å²) in [6.07, 6.45) is 6.83. The molecule has 19 heavy (non-hydrogen) atoms. The number of aliphatic hydroxyl groups excluding tert-OH is 1. The molecule has 0 atom stereocenters. The van der Waals surface area contributed by atoms with Crippen molar-refractivity contribution in [3.63, 3.8) is 0 Å². The summed E-state index contributed by atoms with van der Waals surface area (Å²) in [7, 11) is 0. The summed E-state index contributed by atoms with van der Waals surface area (Å²) in [6.45, 7) is 0.0621. The summed E-state index contributed by atoms with van der Waals surface area (Å²) in [5, 5.41) is 13.5. The summed E-state index contributed by atoms with van der Waals surface area (Å²) in [5.74, 6) is 0.493. The number of nitrogens with one attached hydrogen (secondary N) is 1. The van der Waals surface area contributed by atoms with E-state index in [4.69, 9.17) is 5.11 Å². The van der Waals surface area contributed by atoms with Gasteiger partial charge in [-0.05, 0) is 18.1 Å². The average molecular weight is 257 g/mol. The van der Waals surface area contributed by atoms with E-state index in [1.807, 2.05) is 0 Å². The molecular formula is C12H11N5O2. The standard InChI is InChI=1S/C12H11N5O2/c18-4-2-8-5-16-17(6-8)11-10-9(1-3-13-11)12(19)15-7-14-10/h1,3,5-7,18H,2,4H2,(H,14,15,19). The number of H-pyrrole nitrogens is 1. The van der Waals surface area contributed by atoms with Gasteiger partial charge in [-0.15, -0.1) is 0 Å². The smallest absolute Gasteiger partial charge is 0.258 e. The first kappa shape index (κ1) is 11.5. The number of pyridine rings is 1. The van der Waals surface area contributed by atoms with Crippen LogP contribution >= 0.6 is 0 Å². The number of nitrogens with zero attached hydrogens (tertiary/aromatic N) is 4. The van der Waals surface area contributed by atoms with Crippen molar-refractivity contribution in [2.45, 2.75) is 6.42 Å². The molecule has 7 heteroatoms. The fourth-order valence-electron chi connectivity index (χ4n) is 1.89. The van der Waals surface area contributed by atoms with Crippen LogP contribution in [0.15, 0.2) is 35.8 Å². The lowest BCUT2D eigenvalue weighted by atomic mass is 10.3.